The van der Waals surface area contributed by atoms with Gasteiger partial charge in [-0.05, 0) is 46.3 Å². The summed E-state index contributed by atoms with van der Waals surface area (Å²) in [6, 6.07) is 0. The van der Waals surface area contributed by atoms with Crippen molar-refractivity contribution in [1.82, 2.24) is 9.80 Å². The van der Waals surface area contributed by atoms with Crippen molar-refractivity contribution in [1.29, 1.82) is 0 Å². The van der Waals surface area contributed by atoms with E-state index in [0.29, 0.717) is 0 Å². The second-order valence-electron chi connectivity index (χ2n) is 5.56. The lowest BCUT2D eigenvalue weighted by molar-refractivity contribution is 0.0424. The standard InChI is InChI=1S/C12H26N2O/c1-5-13(4)8-11-6-7-14(9-11)10-12(2,3)15/h11,15H,5-10H2,1-4H3. The topological polar surface area (TPSA) is 26.7 Å². The zero-order chi connectivity index (χ0) is 11.5. The minimum atomic E-state index is -0.550. The van der Waals surface area contributed by atoms with Gasteiger partial charge in [0.25, 0.3) is 0 Å². The Labute approximate surface area is 94.1 Å². The molecule has 0 aromatic heterocycles. The molecular formula is C12H26N2O. The van der Waals surface area contributed by atoms with Crippen molar-refractivity contribution >= 4 is 0 Å². The SMILES string of the molecule is CCN(C)CC1CCN(CC(C)(C)O)C1. The quantitative estimate of drug-likeness (QED) is 0.740. The number of β-amino-alcohol motifs (C(OH)–C–C–N with tert-alkyl or cyclic N) is 1. The molecule has 1 aliphatic rings. The van der Waals surface area contributed by atoms with Crippen LogP contribution < -0.4 is 0 Å². The van der Waals surface area contributed by atoms with Gasteiger partial charge in [0.05, 0.1) is 5.60 Å². The van der Waals surface area contributed by atoms with Gasteiger partial charge < -0.3 is 14.9 Å². The van der Waals surface area contributed by atoms with Gasteiger partial charge in [0.15, 0.2) is 0 Å². The van der Waals surface area contributed by atoms with Crippen LogP contribution >= 0.6 is 0 Å². The fourth-order valence-corrected chi connectivity index (χ4v) is 2.32. The molecule has 0 amide bonds. The Kier molecular flexibility index (Phi) is 4.56. The van der Waals surface area contributed by atoms with Gasteiger partial charge in [-0.1, -0.05) is 6.92 Å². The summed E-state index contributed by atoms with van der Waals surface area (Å²) in [7, 11) is 2.18. The molecule has 1 unspecified atom stereocenters. The average molecular weight is 214 g/mol. The van der Waals surface area contributed by atoms with Crippen molar-refractivity contribution < 1.29 is 5.11 Å². The molecule has 15 heavy (non-hydrogen) atoms. The van der Waals surface area contributed by atoms with Gasteiger partial charge in [-0.15, -0.1) is 0 Å². The molecule has 0 radical (unpaired) electrons. The first-order chi connectivity index (χ1) is 6.90. The van der Waals surface area contributed by atoms with Crippen LogP contribution in [0.25, 0.3) is 0 Å². The van der Waals surface area contributed by atoms with E-state index >= 15 is 0 Å². The molecule has 0 aliphatic carbocycles. The van der Waals surface area contributed by atoms with E-state index in [0.717, 1.165) is 32.1 Å². The summed E-state index contributed by atoms with van der Waals surface area (Å²) in [4.78, 5) is 4.76. The molecule has 0 spiro atoms. The molecule has 1 fully saturated rings. The number of hydrogen-bond donors (Lipinski definition) is 1. The number of nitrogens with zero attached hydrogens (tertiary/aromatic N) is 2. The zero-order valence-electron chi connectivity index (χ0n) is 10.7. The van der Waals surface area contributed by atoms with Crippen LogP contribution in [0.1, 0.15) is 27.2 Å². The van der Waals surface area contributed by atoms with Crippen LogP contribution in [-0.2, 0) is 0 Å². The molecule has 1 aliphatic heterocycles. The van der Waals surface area contributed by atoms with E-state index in [1.54, 1.807) is 0 Å². The Morgan fingerprint density at radius 3 is 2.67 bits per heavy atom. The van der Waals surface area contributed by atoms with Crippen LogP contribution in [0.4, 0.5) is 0 Å². The van der Waals surface area contributed by atoms with Crippen molar-refractivity contribution in [2.75, 3.05) is 39.8 Å². The van der Waals surface area contributed by atoms with Crippen molar-refractivity contribution in [2.24, 2.45) is 5.92 Å². The van der Waals surface area contributed by atoms with E-state index in [1.807, 2.05) is 13.8 Å². The van der Waals surface area contributed by atoms with Crippen molar-refractivity contribution in [2.45, 2.75) is 32.8 Å². The molecule has 3 nitrogen and oxygen atoms in total. The van der Waals surface area contributed by atoms with Gasteiger partial charge in [0.2, 0.25) is 0 Å². The summed E-state index contributed by atoms with van der Waals surface area (Å²) in [6.07, 6.45) is 1.28. The molecule has 0 aromatic carbocycles. The van der Waals surface area contributed by atoms with E-state index in [-0.39, 0.29) is 0 Å². The van der Waals surface area contributed by atoms with Crippen molar-refractivity contribution in [3.8, 4) is 0 Å². The number of hydrogen-bond acceptors (Lipinski definition) is 3. The zero-order valence-corrected chi connectivity index (χ0v) is 10.7. The Bertz CT molecular complexity index is 189. The first kappa shape index (κ1) is 12.9. The number of likely N-dealkylation sites (tertiary alicyclic amines) is 1. The predicted molar refractivity (Wildman–Crippen MR) is 64.0 cm³/mol. The highest BCUT2D eigenvalue weighted by Gasteiger charge is 2.26. The van der Waals surface area contributed by atoms with Gasteiger partial charge in [0, 0.05) is 19.6 Å². The maximum Gasteiger partial charge on any atom is 0.0718 e. The minimum Gasteiger partial charge on any atom is -0.389 e. The summed E-state index contributed by atoms with van der Waals surface area (Å²) < 4.78 is 0. The smallest absolute Gasteiger partial charge is 0.0718 e. The Morgan fingerprint density at radius 1 is 1.47 bits per heavy atom. The first-order valence-corrected chi connectivity index (χ1v) is 6.04. The molecule has 0 aromatic rings. The number of aliphatic hydroxyl groups is 1. The fourth-order valence-electron chi connectivity index (χ4n) is 2.32. The molecule has 1 rings (SSSR count). The third-order valence-electron chi connectivity index (χ3n) is 3.09. The van der Waals surface area contributed by atoms with Crippen LogP contribution in [0.2, 0.25) is 0 Å². The molecule has 0 saturated carbocycles. The summed E-state index contributed by atoms with van der Waals surface area (Å²) >= 11 is 0. The van der Waals surface area contributed by atoms with Gasteiger partial charge in [-0.2, -0.15) is 0 Å². The van der Waals surface area contributed by atoms with Crippen LogP contribution in [0.3, 0.4) is 0 Å². The molecular weight excluding hydrogens is 188 g/mol. The Morgan fingerprint density at radius 2 is 2.13 bits per heavy atom. The van der Waals surface area contributed by atoms with E-state index < -0.39 is 5.60 Å². The molecule has 1 atom stereocenters. The highest BCUT2D eigenvalue weighted by Crippen LogP contribution is 2.19. The molecule has 1 saturated heterocycles. The lowest BCUT2D eigenvalue weighted by Crippen LogP contribution is -2.38. The van der Waals surface area contributed by atoms with Gasteiger partial charge in [-0.25, -0.2) is 0 Å². The second kappa shape index (κ2) is 5.28. The van der Waals surface area contributed by atoms with E-state index in [1.165, 1.54) is 13.0 Å². The first-order valence-electron chi connectivity index (χ1n) is 6.04. The summed E-state index contributed by atoms with van der Waals surface area (Å²) in [6.45, 7) is 11.4. The fraction of sp³-hybridized carbons (Fsp3) is 1.00. The van der Waals surface area contributed by atoms with Crippen LogP contribution in [0.15, 0.2) is 0 Å². The largest absolute Gasteiger partial charge is 0.389 e. The Hall–Kier alpha value is -0.120. The third-order valence-corrected chi connectivity index (χ3v) is 3.09. The van der Waals surface area contributed by atoms with Crippen LogP contribution in [0.5, 0.6) is 0 Å². The highest BCUT2D eigenvalue weighted by atomic mass is 16.3. The molecule has 3 heteroatoms. The van der Waals surface area contributed by atoms with Gasteiger partial charge in [-0.3, -0.25) is 0 Å². The maximum absolute atomic E-state index is 9.74. The molecule has 0 bridgehead atoms. The highest BCUT2D eigenvalue weighted by molar-refractivity contribution is 4.81. The van der Waals surface area contributed by atoms with E-state index in [2.05, 4.69) is 23.8 Å². The van der Waals surface area contributed by atoms with Gasteiger partial charge >= 0.3 is 0 Å². The predicted octanol–water partition coefficient (Wildman–Crippen LogP) is 1.03. The second-order valence-corrected chi connectivity index (χ2v) is 5.56. The Balaban J connectivity index is 2.27. The minimum absolute atomic E-state index is 0.550. The number of rotatable bonds is 5. The average Bonchev–Trinajstić information content (AvgIpc) is 2.49. The lowest BCUT2D eigenvalue weighted by Gasteiger charge is -2.25. The normalized spacial score (nSPS) is 24.0. The summed E-state index contributed by atoms with van der Waals surface area (Å²) in [5.74, 6) is 0.789. The maximum atomic E-state index is 9.74. The molecule has 1 heterocycles. The van der Waals surface area contributed by atoms with E-state index in [9.17, 15) is 5.11 Å². The molecule has 1 N–H and O–H groups in total. The van der Waals surface area contributed by atoms with Crippen molar-refractivity contribution in [3.05, 3.63) is 0 Å². The lowest BCUT2D eigenvalue weighted by atomic mass is 10.1. The third kappa shape index (κ3) is 4.96. The van der Waals surface area contributed by atoms with Crippen molar-refractivity contribution in [3.63, 3.8) is 0 Å². The van der Waals surface area contributed by atoms with Crippen LogP contribution in [-0.4, -0.2) is 60.3 Å². The molecule has 90 valence electrons. The van der Waals surface area contributed by atoms with E-state index in [4.69, 9.17) is 0 Å². The van der Waals surface area contributed by atoms with Crippen LogP contribution in [0, 0.1) is 5.92 Å². The summed E-state index contributed by atoms with van der Waals surface area (Å²) in [5, 5.41) is 9.74. The van der Waals surface area contributed by atoms with Gasteiger partial charge in [0.1, 0.15) is 0 Å². The monoisotopic (exact) mass is 214 g/mol. The summed E-state index contributed by atoms with van der Waals surface area (Å²) in [5.41, 5.74) is -0.550.